The highest BCUT2D eigenvalue weighted by Crippen LogP contribution is 2.21. The van der Waals surface area contributed by atoms with Gasteiger partial charge in [0.15, 0.2) is 0 Å². The lowest BCUT2D eigenvalue weighted by atomic mass is 10.1. The average Bonchev–Trinajstić information content (AvgIpc) is 2.64. The maximum atomic E-state index is 11.5. The van der Waals surface area contributed by atoms with Gasteiger partial charge in [-0.05, 0) is 18.6 Å². The molecule has 2 aromatic rings. The second-order valence-electron chi connectivity index (χ2n) is 3.19. The molecule has 0 saturated heterocycles. The molecule has 0 aliphatic rings. The molecule has 0 unspecified atom stereocenters. The van der Waals surface area contributed by atoms with Crippen LogP contribution in [-0.4, -0.2) is 18.1 Å². The topological polar surface area (TPSA) is 42.1 Å². The molecule has 1 heterocycles. The van der Waals surface area contributed by atoms with E-state index in [-0.39, 0.29) is 5.97 Å². The van der Waals surface area contributed by atoms with E-state index in [1.54, 1.807) is 0 Å². The van der Waals surface area contributed by atoms with Crippen LogP contribution in [0.4, 0.5) is 0 Å². The summed E-state index contributed by atoms with van der Waals surface area (Å²) in [6.45, 7) is 1.90. The summed E-state index contributed by atoms with van der Waals surface area (Å²) in [5.74, 6) is -0.296. The number of methoxy groups -OCH3 is 1. The molecule has 0 saturated carbocycles. The molecule has 3 nitrogen and oxygen atoms in total. The summed E-state index contributed by atoms with van der Waals surface area (Å²) in [7, 11) is 1.39. The predicted octanol–water partition coefficient (Wildman–Crippen LogP) is 2.26. The average molecular weight is 189 g/mol. The Morgan fingerprint density at radius 3 is 2.86 bits per heavy atom. The fourth-order valence-corrected chi connectivity index (χ4v) is 1.60. The van der Waals surface area contributed by atoms with Crippen LogP contribution in [0.5, 0.6) is 0 Å². The number of rotatable bonds is 1. The van der Waals surface area contributed by atoms with Crippen molar-refractivity contribution in [2.75, 3.05) is 7.11 Å². The van der Waals surface area contributed by atoms with Crippen LogP contribution in [0, 0.1) is 6.92 Å². The number of benzene rings is 1. The van der Waals surface area contributed by atoms with Gasteiger partial charge in [0.05, 0.1) is 18.2 Å². The number of H-pyrrole nitrogens is 1. The Morgan fingerprint density at radius 1 is 1.36 bits per heavy atom. The predicted molar refractivity (Wildman–Crippen MR) is 54.4 cm³/mol. The minimum atomic E-state index is -0.296. The molecular formula is C11H11NO2. The van der Waals surface area contributed by atoms with Gasteiger partial charge in [-0.15, -0.1) is 0 Å². The van der Waals surface area contributed by atoms with E-state index in [2.05, 4.69) is 4.98 Å². The van der Waals surface area contributed by atoms with E-state index in [4.69, 9.17) is 4.74 Å². The van der Waals surface area contributed by atoms with Crippen molar-refractivity contribution in [1.82, 2.24) is 4.98 Å². The molecule has 0 bridgehead atoms. The number of fused-ring (bicyclic) bond motifs is 1. The molecule has 14 heavy (non-hydrogen) atoms. The number of hydrogen-bond donors (Lipinski definition) is 1. The van der Waals surface area contributed by atoms with Gasteiger partial charge in [-0.25, -0.2) is 4.79 Å². The summed E-state index contributed by atoms with van der Waals surface area (Å²) in [4.78, 5) is 14.5. The third-order valence-corrected chi connectivity index (χ3v) is 2.33. The zero-order valence-electron chi connectivity index (χ0n) is 8.13. The Bertz CT molecular complexity index is 485. The molecular weight excluding hydrogens is 178 g/mol. The van der Waals surface area contributed by atoms with E-state index in [1.165, 1.54) is 7.11 Å². The minimum absolute atomic E-state index is 0.296. The lowest BCUT2D eigenvalue weighted by Gasteiger charge is -2.04. The number of aryl methyl sites for hydroxylation is 1. The number of aromatic amines is 1. The summed E-state index contributed by atoms with van der Waals surface area (Å²) in [5.41, 5.74) is 2.39. The Morgan fingerprint density at radius 2 is 2.14 bits per heavy atom. The van der Waals surface area contributed by atoms with Crippen LogP contribution in [0.1, 0.15) is 15.9 Å². The van der Waals surface area contributed by atoms with Crippen LogP contribution in [0.15, 0.2) is 24.4 Å². The van der Waals surface area contributed by atoms with Crippen LogP contribution >= 0.6 is 0 Å². The first-order valence-electron chi connectivity index (χ1n) is 4.39. The highest BCUT2D eigenvalue weighted by atomic mass is 16.5. The van der Waals surface area contributed by atoms with Gasteiger partial charge in [0.2, 0.25) is 0 Å². The Kier molecular flexibility index (Phi) is 2.00. The lowest BCUT2D eigenvalue weighted by molar-refractivity contribution is 0.0602. The highest BCUT2D eigenvalue weighted by Gasteiger charge is 2.13. The van der Waals surface area contributed by atoms with Crippen molar-refractivity contribution in [1.29, 1.82) is 0 Å². The Labute approximate surface area is 81.7 Å². The SMILES string of the molecule is COC(=O)c1c(C)ccc2cc[nH]c12. The van der Waals surface area contributed by atoms with Crippen LogP contribution in [0.3, 0.4) is 0 Å². The van der Waals surface area contributed by atoms with Gasteiger partial charge in [0, 0.05) is 11.6 Å². The fraction of sp³-hybridized carbons (Fsp3) is 0.182. The number of ether oxygens (including phenoxy) is 1. The van der Waals surface area contributed by atoms with Crippen molar-refractivity contribution < 1.29 is 9.53 Å². The number of esters is 1. The van der Waals surface area contributed by atoms with E-state index in [0.717, 1.165) is 16.5 Å². The minimum Gasteiger partial charge on any atom is -0.465 e. The number of carbonyl (C=O) groups is 1. The van der Waals surface area contributed by atoms with Crippen LogP contribution in [0.2, 0.25) is 0 Å². The molecule has 0 radical (unpaired) electrons. The summed E-state index contributed by atoms with van der Waals surface area (Å²) in [6, 6.07) is 5.83. The molecule has 1 aromatic heterocycles. The third-order valence-electron chi connectivity index (χ3n) is 2.33. The number of hydrogen-bond acceptors (Lipinski definition) is 2. The summed E-state index contributed by atoms with van der Waals surface area (Å²) >= 11 is 0. The Balaban J connectivity index is 2.76. The zero-order valence-corrected chi connectivity index (χ0v) is 8.13. The second kappa shape index (κ2) is 3.18. The summed E-state index contributed by atoms with van der Waals surface area (Å²) in [6.07, 6.45) is 1.82. The maximum Gasteiger partial charge on any atom is 0.340 e. The Hall–Kier alpha value is -1.77. The molecule has 0 fully saturated rings. The van der Waals surface area contributed by atoms with Crippen molar-refractivity contribution in [3.8, 4) is 0 Å². The first-order chi connectivity index (χ1) is 6.74. The number of carbonyl (C=O) groups excluding carboxylic acids is 1. The second-order valence-corrected chi connectivity index (χ2v) is 3.19. The van der Waals surface area contributed by atoms with Gasteiger partial charge >= 0.3 is 5.97 Å². The number of nitrogens with one attached hydrogen (secondary N) is 1. The number of aromatic nitrogens is 1. The summed E-state index contributed by atoms with van der Waals surface area (Å²) < 4.78 is 4.74. The molecule has 0 aliphatic carbocycles. The molecule has 0 atom stereocenters. The molecule has 3 heteroatoms. The smallest absolute Gasteiger partial charge is 0.340 e. The van der Waals surface area contributed by atoms with Gasteiger partial charge in [0.25, 0.3) is 0 Å². The molecule has 72 valence electrons. The first kappa shape index (κ1) is 8.81. The first-order valence-corrected chi connectivity index (χ1v) is 4.39. The molecule has 0 amide bonds. The zero-order chi connectivity index (χ0) is 10.1. The van der Waals surface area contributed by atoms with Gasteiger partial charge in [-0.1, -0.05) is 12.1 Å². The molecule has 1 N–H and O–H groups in total. The standard InChI is InChI=1S/C11H11NO2/c1-7-3-4-8-5-6-12-10(8)9(7)11(13)14-2/h3-6,12H,1-2H3. The third kappa shape index (κ3) is 1.18. The van der Waals surface area contributed by atoms with E-state index in [1.807, 2.05) is 31.3 Å². The molecule has 0 aliphatic heterocycles. The summed E-state index contributed by atoms with van der Waals surface area (Å²) in [5, 5.41) is 1.02. The quantitative estimate of drug-likeness (QED) is 0.699. The largest absolute Gasteiger partial charge is 0.465 e. The monoisotopic (exact) mass is 189 g/mol. The van der Waals surface area contributed by atoms with Crippen LogP contribution < -0.4 is 0 Å². The van der Waals surface area contributed by atoms with Crippen molar-refractivity contribution in [3.05, 3.63) is 35.5 Å². The van der Waals surface area contributed by atoms with Gasteiger partial charge in [-0.3, -0.25) is 0 Å². The van der Waals surface area contributed by atoms with Crippen molar-refractivity contribution in [2.24, 2.45) is 0 Å². The normalized spacial score (nSPS) is 10.4. The van der Waals surface area contributed by atoms with E-state index < -0.39 is 0 Å². The maximum absolute atomic E-state index is 11.5. The molecule has 0 spiro atoms. The fourth-order valence-electron chi connectivity index (χ4n) is 1.60. The van der Waals surface area contributed by atoms with Crippen molar-refractivity contribution in [3.63, 3.8) is 0 Å². The highest BCUT2D eigenvalue weighted by molar-refractivity contribution is 6.04. The molecule has 1 aromatic carbocycles. The van der Waals surface area contributed by atoms with Crippen molar-refractivity contribution in [2.45, 2.75) is 6.92 Å². The van der Waals surface area contributed by atoms with Crippen molar-refractivity contribution >= 4 is 16.9 Å². The van der Waals surface area contributed by atoms with Gasteiger partial charge in [0.1, 0.15) is 0 Å². The van der Waals surface area contributed by atoms with E-state index in [9.17, 15) is 4.79 Å². The van der Waals surface area contributed by atoms with Gasteiger partial charge in [-0.2, -0.15) is 0 Å². The van der Waals surface area contributed by atoms with E-state index in [0.29, 0.717) is 5.56 Å². The molecule has 2 rings (SSSR count). The van der Waals surface area contributed by atoms with Gasteiger partial charge < -0.3 is 9.72 Å². The lowest BCUT2D eigenvalue weighted by Crippen LogP contribution is -2.04. The van der Waals surface area contributed by atoms with E-state index >= 15 is 0 Å². The van der Waals surface area contributed by atoms with Crippen LogP contribution in [-0.2, 0) is 4.74 Å². The van der Waals surface area contributed by atoms with Crippen LogP contribution in [0.25, 0.3) is 10.9 Å².